The zero-order chi connectivity index (χ0) is 15.5. The Morgan fingerprint density at radius 3 is 2.67 bits per heavy atom. The summed E-state index contributed by atoms with van der Waals surface area (Å²) in [5, 5.41) is 3.34. The Labute approximate surface area is 123 Å². The molecule has 2 nitrogen and oxygen atoms in total. The van der Waals surface area contributed by atoms with Crippen molar-refractivity contribution in [3.05, 3.63) is 24.3 Å². The number of hydrogen-bond acceptors (Lipinski definition) is 2. The SMILES string of the molecule is CC1(C)CCCC(Nc2cccc(OC(F)(F)F)c2)CC1. The Morgan fingerprint density at radius 1 is 1.19 bits per heavy atom. The average molecular weight is 301 g/mol. The normalized spacial score (nSPS) is 22.4. The molecule has 0 aromatic heterocycles. The quantitative estimate of drug-likeness (QED) is 0.759. The Morgan fingerprint density at radius 2 is 1.95 bits per heavy atom. The molecule has 5 heteroatoms. The van der Waals surface area contributed by atoms with Gasteiger partial charge in [0, 0.05) is 17.8 Å². The Kier molecular flexibility index (Phi) is 4.69. The maximum atomic E-state index is 12.2. The van der Waals surface area contributed by atoms with E-state index in [4.69, 9.17) is 0 Å². The Balaban J connectivity index is 1.98. The molecule has 2 rings (SSSR count). The van der Waals surface area contributed by atoms with Gasteiger partial charge in [0.15, 0.2) is 0 Å². The molecule has 0 amide bonds. The van der Waals surface area contributed by atoms with Crippen LogP contribution in [0.15, 0.2) is 24.3 Å². The van der Waals surface area contributed by atoms with Gasteiger partial charge in [-0.3, -0.25) is 0 Å². The number of rotatable bonds is 3. The van der Waals surface area contributed by atoms with Gasteiger partial charge >= 0.3 is 6.36 Å². The fraction of sp³-hybridized carbons (Fsp3) is 0.625. The highest BCUT2D eigenvalue weighted by atomic mass is 19.4. The lowest BCUT2D eigenvalue weighted by Crippen LogP contribution is -2.20. The highest BCUT2D eigenvalue weighted by Gasteiger charge is 2.31. The molecular formula is C16H22F3NO. The number of hydrogen-bond donors (Lipinski definition) is 1. The summed E-state index contributed by atoms with van der Waals surface area (Å²) in [4.78, 5) is 0. The van der Waals surface area contributed by atoms with E-state index in [0.29, 0.717) is 17.1 Å². The van der Waals surface area contributed by atoms with Gasteiger partial charge in [0.2, 0.25) is 0 Å². The Hall–Kier alpha value is -1.39. The van der Waals surface area contributed by atoms with Crippen LogP contribution in [-0.4, -0.2) is 12.4 Å². The predicted octanol–water partition coefficient (Wildman–Crippen LogP) is 5.36. The van der Waals surface area contributed by atoms with E-state index in [9.17, 15) is 13.2 Å². The van der Waals surface area contributed by atoms with Crippen molar-refractivity contribution in [2.24, 2.45) is 5.41 Å². The standard InChI is InChI=1S/C16H22F3NO/c1-15(2)9-4-6-12(8-10-15)20-13-5-3-7-14(11-13)21-16(17,18)19/h3,5,7,11-12,20H,4,6,8-10H2,1-2H3. The summed E-state index contributed by atoms with van der Waals surface area (Å²) in [6, 6.07) is 6.38. The lowest BCUT2D eigenvalue weighted by atomic mass is 9.85. The molecule has 1 N–H and O–H groups in total. The van der Waals surface area contributed by atoms with E-state index >= 15 is 0 Å². The van der Waals surface area contributed by atoms with Crippen molar-refractivity contribution in [1.29, 1.82) is 0 Å². The van der Waals surface area contributed by atoms with E-state index in [2.05, 4.69) is 23.9 Å². The van der Waals surface area contributed by atoms with E-state index in [1.165, 1.54) is 18.6 Å². The van der Waals surface area contributed by atoms with E-state index in [1.807, 2.05) is 0 Å². The highest BCUT2D eigenvalue weighted by Crippen LogP contribution is 2.35. The summed E-state index contributed by atoms with van der Waals surface area (Å²) in [5.74, 6) is -0.179. The number of alkyl halides is 3. The number of nitrogens with one attached hydrogen (secondary N) is 1. The van der Waals surface area contributed by atoms with Crippen molar-refractivity contribution >= 4 is 5.69 Å². The molecule has 0 bridgehead atoms. The first-order valence-corrected chi connectivity index (χ1v) is 7.36. The van der Waals surface area contributed by atoms with Crippen molar-refractivity contribution in [3.8, 4) is 5.75 Å². The molecule has 1 unspecified atom stereocenters. The van der Waals surface area contributed by atoms with Gasteiger partial charge in [0.1, 0.15) is 5.75 Å². The van der Waals surface area contributed by atoms with Crippen molar-refractivity contribution in [2.75, 3.05) is 5.32 Å². The molecule has 0 heterocycles. The van der Waals surface area contributed by atoms with Crippen LogP contribution in [0.2, 0.25) is 0 Å². The summed E-state index contributed by atoms with van der Waals surface area (Å²) >= 11 is 0. The third-order valence-corrected chi connectivity index (χ3v) is 4.01. The molecule has 118 valence electrons. The summed E-state index contributed by atoms with van der Waals surface area (Å²) in [7, 11) is 0. The molecule has 1 aromatic carbocycles. The molecule has 0 aliphatic heterocycles. The van der Waals surface area contributed by atoms with Gasteiger partial charge in [-0.1, -0.05) is 26.3 Å². The molecule has 1 atom stereocenters. The van der Waals surface area contributed by atoms with Crippen LogP contribution in [0, 0.1) is 5.41 Å². The number of benzene rings is 1. The summed E-state index contributed by atoms with van der Waals surface area (Å²) in [6.45, 7) is 4.54. The topological polar surface area (TPSA) is 21.3 Å². The molecule has 1 aliphatic carbocycles. The van der Waals surface area contributed by atoms with Gasteiger partial charge in [0.05, 0.1) is 0 Å². The zero-order valence-electron chi connectivity index (χ0n) is 12.5. The lowest BCUT2D eigenvalue weighted by molar-refractivity contribution is -0.274. The van der Waals surface area contributed by atoms with Crippen LogP contribution in [0.1, 0.15) is 46.0 Å². The first kappa shape index (κ1) is 16.0. The Bertz CT molecular complexity index is 471. The van der Waals surface area contributed by atoms with E-state index < -0.39 is 6.36 Å². The summed E-state index contributed by atoms with van der Waals surface area (Å²) in [6.07, 6.45) is 0.908. The molecule has 1 aliphatic rings. The van der Waals surface area contributed by atoms with E-state index in [1.54, 1.807) is 12.1 Å². The van der Waals surface area contributed by atoms with Gasteiger partial charge in [-0.2, -0.15) is 0 Å². The van der Waals surface area contributed by atoms with Crippen LogP contribution in [-0.2, 0) is 0 Å². The first-order valence-electron chi connectivity index (χ1n) is 7.36. The van der Waals surface area contributed by atoms with Crippen molar-refractivity contribution in [2.45, 2.75) is 58.4 Å². The molecule has 1 saturated carbocycles. The minimum Gasteiger partial charge on any atom is -0.406 e. The predicted molar refractivity (Wildman–Crippen MR) is 77.4 cm³/mol. The smallest absolute Gasteiger partial charge is 0.406 e. The van der Waals surface area contributed by atoms with Crippen LogP contribution in [0.25, 0.3) is 0 Å². The summed E-state index contributed by atoms with van der Waals surface area (Å²) in [5.41, 5.74) is 1.04. The van der Waals surface area contributed by atoms with Crippen LogP contribution in [0.4, 0.5) is 18.9 Å². The summed E-state index contributed by atoms with van der Waals surface area (Å²) < 4.78 is 40.6. The molecule has 0 radical (unpaired) electrons. The minimum atomic E-state index is -4.65. The van der Waals surface area contributed by atoms with Crippen LogP contribution in [0.5, 0.6) is 5.75 Å². The van der Waals surface area contributed by atoms with Crippen LogP contribution < -0.4 is 10.1 Å². The highest BCUT2D eigenvalue weighted by molar-refractivity contribution is 5.48. The van der Waals surface area contributed by atoms with Crippen LogP contribution >= 0.6 is 0 Å². The number of halogens is 3. The van der Waals surface area contributed by atoms with E-state index in [-0.39, 0.29) is 5.75 Å². The first-order chi connectivity index (χ1) is 9.73. The molecule has 1 fully saturated rings. The van der Waals surface area contributed by atoms with E-state index in [0.717, 1.165) is 25.7 Å². The second-order valence-electron chi connectivity index (χ2n) is 6.51. The zero-order valence-corrected chi connectivity index (χ0v) is 12.5. The fourth-order valence-electron chi connectivity index (χ4n) is 2.82. The minimum absolute atomic E-state index is 0.179. The van der Waals surface area contributed by atoms with Crippen LogP contribution in [0.3, 0.4) is 0 Å². The molecule has 0 spiro atoms. The largest absolute Gasteiger partial charge is 0.573 e. The van der Waals surface area contributed by atoms with Gasteiger partial charge < -0.3 is 10.1 Å². The average Bonchev–Trinajstić information content (AvgIpc) is 2.49. The number of ether oxygens (including phenoxy) is 1. The van der Waals surface area contributed by atoms with Gasteiger partial charge in [-0.15, -0.1) is 13.2 Å². The van der Waals surface area contributed by atoms with Crippen molar-refractivity contribution < 1.29 is 17.9 Å². The third kappa shape index (κ3) is 5.48. The number of anilines is 1. The molecule has 0 saturated heterocycles. The maximum absolute atomic E-state index is 12.2. The third-order valence-electron chi connectivity index (χ3n) is 4.01. The van der Waals surface area contributed by atoms with Crippen molar-refractivity contribution in [1.82, 2.24) is 0 Å². The van der Waals surface area contributed by atoms with Gasteiger partial charge in [-0.25, -0.2) is 0 Å². The lowest BCUT2D eigenvalue weighted by Gasteiger charge is -2.22. The monoisotopic (exact) mass is 301 g/mol. The second kappa shape index (κ2) is 6.16. The second-order valence-corrected chi connectivity index (χ2v) is 6.51. The molecule has 21 heavy (non-hydrogen) atoms. The maximum Gasteiger partial charge on any atom is 0.573 e. The fourth-order valence-corrected chi connectivity index (χ4v) is 2.82. The van der Waals surface area contributed by atoms with Gasteiger partial charge in [-0.05, 0) is 43.2 Å². The van der Waals surface area contributed by atoms with Gasteiger partial charge in [0.25, 0.3) is 0 Å². The van der Waals surface area contributed by atoms with Crippen molar-refractivity contribution in [3.63, 3.8) is 0 Å². The molecular weight excluding hydrogens is 279 g/mol. The molecule has 1 aromatic rings.